The highest BCUT2D eigenvalue weighted by atomic mass is 31.2. The second-order valence-electron chi connectivity index (χ2n) is 9.30. The van der Waals surface area contributed by atoms with Gasteiger partial charge in [0, 0.05) is 23.7 Å². The summed E-state index contributed by atoms with van der Waals surface area (Å²) in [4.78, 5) is 2.23. The van der Waals surface area contributed by atoms with E-state index in [4.69, 9.17) is 0 Å². The third-order valence-electron chi connectivity index (χ3n) is 7.21. The molecule has 0 spiro atoms. The largest absolute Gasteiger partial charge is 0.314 e. The molecule has 0 saturated carbocycles. The summed E-state index contributed by atoms with van der Waals surface area (Å²) in [5.41, 5.74) is 6.05. The maximum Gasteiger partial charge on any atom is 0.211 e. The van der Waals surface area contributed by atoms with Crippen molar-refractivity contribution in [2.45, 2.75) is 41.0 Å². The first-order valence-corrected chi connectivity index (χ1v) is 15.6. The number of benzene rings is 3. The molecular weight excluding hydrogens is 446 g/mol. The van der Waals surface area contributed by atoms with Gasteiger partial charge in [-0.2, -0.15) is 0 Å². The number of anilines is 3. The van der Waals surface area contributed by atoms with E-state index >= 15 is 4.57 Å². The Morgan fingerprint density at radius 1 is 0.758 bits per heavy atom. The molecule has 33 heavy (non-hydrogen) atoms. The molecule has 0 N–H and O–H groups in total. The van der Waals surface area contributed by atoms with Crippen molar-refractivity contribution in [3.8, 4) is 0 Å². The lowest BCUT2D eigenvalue weighted by molar-refractivity contribution is 0.458. The van der Waals surface area contributed by atoms with E-state index in [1.807, 2.05) is 13.6 Å². The minimum Gasteiger partial charge on any atom is -0.314 e. The second-order valence-corrected chi connectivity index (χ2v) is 14.8. The minimum atomic E-state index is -3.12. The summed E-state index contributed by atoms with van der Waals surface area (Å²) in [7, 11) is -6.00. The van der Waals surface area contributed by atoms with Gasteiger partial charge in [0.15, 0.2) is 0 Å². The molecule has 2 atom stereocenters. The first-order valence-electron chi connectivity index (χ1n) is 11.8. The Morgan fingerprint density at radius 3 is 1.88 bits per heavy atom. The van der Waals surface area contributed by atoms with E-state index in [0.717, 1.165) is 61.4 Å². The van der Waals surface area contributed by atoms with Gasteiger partial charge < -0.3 is 9.46 Å². The molecular formula is C27H32N2O2P2. The molecule has 5 rings (SSSR count). The van der Waals surface area contributed by atoms with E-state index in [0.29, 0.717) is 13.1 Å². The molecule has 4 nitrogen and oxygen atoms in total. The van der Waals surface area contributed by atoms with Crippen molar-refractivity contribution in [2.75, 3.05) is 24.7 Å². The minimum absolute atomic E-state index is 0.686. The molecule has 3 aromatic carbocycles. The number of hydrogen-bond donors (Lipinski definition) is 0. The SMILES string of the molecule is CCc1cc2c3c(c1)P(=O)(N(CC)CC)c1cc(C)ccc1N3c1ccc(C)cc1P2(C)=O. The standard InChI is InChI=1S/C27H32N2O2P2/c1-7-20-16-25-27-26(17-20)33(31,28(8-2)9-3)24-15-19(5)11-13-22(24)29(27)21-12-10-18(4)14-23(21)32(25,6)30/h10-17H,7-9H2,1-6H3. The van der Waals surface area contributed by atoms with Crippen LogP contribution in [0.15, 0.2) is 48.5 Å². The van der Waals surface area contributed by atoms with Crippen LogP contribution in [-0.2, 0) is 15.6 Å². The fraction of sp³-hybridized carbons (Fsp3) is 0.333. The molecule has 0 bridgehead atoms. The van der Waals surface area contributed by atoms with Gasteiger partial charge >= 0.3 is 0 Å². The Balaban J connectivity index is 2.00. The lowest BCUT2D eigenvalue weighted by Crippen LogP contribution is -2.46. The van der Waals surface area contributed by atoms with E-state index < -0.39 is 14.4 Å². The molecule has 172 valence electrons. The quantitative estimate of drug-likeness (QED) is 0.466. The van der Waals surface area contributed by atoms with Crippen molar-refractivity contribution in [1.29, 1.82) is 0 Å². The van der Waals surface area contributed by atoms with Crippen LogP contribution in [0.2, 0.25) is 0 Å². The molecule has 2 aliphatic heterocycles. The molecule has 2 heterocycles. The first-order chi connectivity index (χ1) is 15.7. The molecule has 0 radical (unpaired) electrons. The molecule has 0 aromatic heterocycles. The van der Waals surface area contributed by atoms with Crippen LogP contribution < -0.4 is 26.1 Å². The zero-order valence-electron chi connectivity index (χ0n) is 20.3. The van der Waals surface area contributed by atoms with Crippen LogP contribution in [0.4, 0.5) is 17.1 Å². The topological polar surface area (TPSA) is 40.6 Å². The van der Waals surface area contributed by atoms with Gasteiger partial charge in [0.25, 0.3) is 0 Å². The van der Waals surface area contributed by atoms with Crippen LogP contribution in [0.3, 0.4) is 0 Å². The summed E-state index contributed by atoms with van der Waals surface area (Å²) in [6, 6.07) is 16.7. The van der Waals surface area contributed by atoms with E-state index in [1.165, 1.54) is 0 Å². The molecule has 0 fully saturated rings. The van der Waals surface area contributed by atoms with E-state index in [-0.39, 0.29) is 0 Å². The number of fused-ring (bicyclic) bond motifs is 4. The van der Waals surface area contributed by atoms with Gasteiger partial charge in [-0.15, -0.1) is 0 Å². The molecule has 0 amide bonds. The Bertz CT molecular complexity index is 1390. The van der Waals surface area contributed by atoms with Crippen LogP contribution in [0.1, 0.15) is 37.5 Å². The molecule has 0 aliphatic carbocycles. The van der Waals surface area contributed by atoms with Crippen LogP contribution in [0, 0.1) is 13.8 Å². The average molecular weight is 479 g/mol. The monoisotopic (exact) mass is 478 g/mol. The van der Waals surface area contributed by atoms with Crippen molar-refractivity contribution >= 4 is 52.7 Å². The van der Waals surface area contributed by atoms with Crippen LogP contribution >= 0.6 is 14.4 Å². The van der Waals surface area contributed by atoms with E-state index in [2.05, 4.69) is 85.8 Å². The third-order valence-corrected chi connectivity index (χ3v) is 13.1. The predicted molar refractivity (Wildman–Crippen MR) is 143 cm³/mol. The Hall–Kier alpha value is -2.12. The zero-order valence-corrected chi connectivity index (χ0v) is 22.1. The highest BCUT2D eigenvalue weighted by Crippen LogP contribution is 2.61. The first kappa shape index (κ1) is 22.7. The molecule has 3 aromatic rings. The maximum absolute atomic E-state index is 15.3. The summed E-state index contributed by atoms with van der Waals surface area (Å²) >= 11 is 0. The highest BCUT2D eigenvalue weighted by Gasteiger charge is 2.49. The zero-order chi connectivity index (χ0) is 23.7. The van der Waals surface area contributed by atoms with Crippen molar-refractivity contribution < 1.29 is 9.13 Å². The van der Waals surface area contributed by atoms with Gasteiger partial charge in [0.1, 0.15) is 7.14 Å². The average Bonchev–Trinajstić information content (AvgIpc) is 2.80. The van der Waals surface area contributed by atoms with Crippen molar-refractivity contribution in [3.05, 3.63) is 65.2 Å². The molecule has 0 saturated heterocycles. The lowest BCUT2D eigenvalue weighted by Gasteiger charge is -2.46. The Labute approximate surface area is 197 Å². The summed E-state index contributed by atoms with van der Waals surface area (Å²) in [6.07, 6.45) is 0.805. The summed E-state index contributed by atoms with van der Waals surface area (Å²) in [5, 5.41) is 3.46. The van der Waals surface area contributed by atoms with Crippen molar-refractivity contribution in [1.82, 2.24) is 4.67 Å². The Morgan fingerprint density at radius 2 is 1.30 bits per heavy atom. The van der Waals surface area contributed by atoms with Gasteiger partial charge in [-0.3, -0.25) is 4.57 Å². The van der Waals surface area contributed by atoms with E-state index in [9.17, 15) is 4.57 Å². The second kappa shape index (κ2) is 7.70. The number of aryl methyl sites for hydroxylation is 3. The number of rotatable bonds is 4. The highest BCUT2D eigenvalue weighted by molar-refractivity contribution is 7.80. The van der Waals surface area contributed by atoms with Crippen LogP contribution in [-0.4, -0.2) is 24.4 Å². The van der Waals surface area contributed by atoms with E-state index in [1.54, 1.807) is 0 Å². The maximum atomic E-state index is 15.3. The number of nitrogens with zero attached hydrogens (tertiary/aromatic N) is 2. The van der Waals surface area contributed by atoms with Crippen LogP contribution in [0.5, 0.6) is 0 Å². The van der Waals surface area contributed by atoms with Gasteiger partial charge in [0.2, 0.25) is 7.29 Å². The Kier molecular flexibility index (Phi) is 5.29. The van der Waals surface area contributed by atoms with Gasteiger partial charge in [-0.1, -0.05) is 44.0 Å². The fourth-order valence-corrected chi connectivity index (χ4v) is 11.3. The van der Waals surface area contributed by atoms with Gasteiger partial charge in [-0.05, 0) is 68.9 Å². The number of hydrogen-bond acceptors (Lipinski definition) is 3. The van der Waals surface area contributed by atoms with Gasteiger partial charge in [-0.25, -0.2) is 4.67 Å². The predicted octanol–water partition coefficient (Wildman–Crippen LogP) is 5.48. The molecule has 2 unspecified atom stereocenters. The lowest BCUT2D eigenvalue weighted by atomic mass is 10.1. The molecule has 2 aliphatic rings. The summed E-state index contributed by atoms with van der Waals surface area (Å²) in [6.45, 7) is 13.6. The normalized spacial score (nSPS) is 22.7. The summed E-state index contributed by atoms with van der Waals surface area (Å²) in [5.74, 6) is 0. The summed E-state index contributed by atoms with van der Waals surface area (Å²) < 4.78 is 31.9. The smallest absolute Gasteiger partial charge is 0.211 e. The fourth-order valence-electron chi connectivity index (χ4n) is 5.44. The van der Waals surface area contributed by atoms with Crippen molar-refractivity contribution in [3.63, 3.8) is 0 Å². The van der Waals surface area contributed by atoms with Crippen molar-refractivity contribution in [2.24, 2.45) is 0 Å². The third kappa shape index (κ3) is 3.01. The molecule has 6 heteroatoms. The van der Waals surface area contributed by atoms with Gasteiger partial charge in [0.05, 0.1) is 27.7 Å². The van der Waals surface area contributed by atoms with Crippen LogP contribution in [0.25, 0.3) is 0 Å².